The van der Waals surface area contributed by atoms with Gasteiger partial charge in [0.25, 0.3) is 0 Å². The zero-order valence-electron chi connectivity index (χ0n) is 17.6. The van der Waals surface area contributed by atoms with Gasteiger partial charge in [-0.25, -0.2) is 4.98 Å². The molecule has 0 saturated heterocycles. The van der Waals surface area contributed by atoms with E-state index >= 15 is 0 Å². The van der Waals surface area contributed by atoms with Gasteiger partial charge in [0.15, 0.2) is 0 Å². The summed E-state index contributed by atoms with van der Waals surface area (Å²) in [5, 5.41) is 0. The second-order valence-electron chi connectivity index (χ2n) is 8.83. The van der Waals surface area contributed by atoms with Gasteiger partial charge in [-0.1, -0.05) is 48.5 Å². The van der Waals surface area contributed by atoms with Crippen molar-refractivity contribution in [3.8, 4) is 11.3 Å². The summed E-state index contributed by atoms with van der Waals surface area (Å²) in [6, 6.07) is 18.7. The molecule has 2 aromatic carbocycles. The molecule has 1 aromatic heterocycles. The summed E-state index contributed by atoms with van der Waals surface area (Å²) in [5.74, 6) is 1.96. The fourth-order valence-corrected chi connectivity index (χ4v) is 4.45. The molecule has 1 aliphatic heterocycles. The molecule has 1 saturated carbocycles. The van der Waals surface area contributed by atoms with E-state index in [4.69, 9.17) is 4.98 Å². The number of nitrogens with zero attached hydrogens (tertiary/aromatic N) is 3. The van der Waals surface area contributed by atoms with Crippen LogP contribution in [0.25, 0.3) is 11.3 Å². The van der Waals surface area contributed by atoms with E-state index in [1.165, 1.54) is 30.7 Å². The number of fused-ring (bicyclic) bond motifs is 1. The highest BCUT2D eigenvalue weighted by Gasteiger charge is 2.29. The van der Waals surface area contributed by atoms with Crippen LogP contribution in [-0.2, 0) is 24.3 Å². The normalized spacial score (nSPS) is 16.3. The maximum Gasteiger partial charge on any atom is 0.230 e. The number of hydrogen-bond donors (Lipinski definition) is 0. The number of imidazole rings is 1. The Labute approximate surface area is 178 Å². The molecule has 0 spiro atoms. The number of amides is 1. The third-order valence-electron chi connectivity index (χ3n) is 6.41. The first kappa shape index (κ1) is 19.1. The monoisotopic (exact) mass is 399 g/mol. The maximum absolute atomic E-state index is 13.4. The first-order valence-electron chi connectivity index (χ1n) is 11.2. The lowest BCUT2D eigenvalue weighted by molar-refractivity contribution is -0.133. The second-order valence-corrected chi connectivity index (χ2v) is 8.83. The molecule has 2 heterocycles. The number of carbonyl (C=O) groups is 1. The minimum atomic E-state index is -0.121. The Hall–Kier alpha value is -2.88. The van der Waals surface area contributed by atoms with Gasteiger partial charge in [-0.3, -0.25) is 4.79 Å². The molecule has 0 N–H and O–H groups in total. The van der Waals surface area contributed by atoms with Crippen molar-refractivity contribution >= 4 is 5.91 Å². The predicted molar refractivity (Wildman–Crippen MR) is 119 cm³/mol. The average Bonchev–Trinajstić information content (AvgIpc) is 3.33. The summed E-state index contributed by atoms with van der Waals surface area (Å²) in [6.45, 7) is 4.62. The van der Waals surface area contributed by atoms with Crippen molar-refractivity contribution < 1.29 is 4.79 Å². The first-order chi connectivity index (χ1) is 14.7. The quantitative estimate of drug-likeness (QED) is 0.558. The molecule has 1 amide bonds. The minimum absolute atomic E-state index is 0.121. The largest absolute Gasteiger partial charge is 0.338 e. The smallest absolute Gasteiger partial charge is 0.230 e. The molecule has 1 fully saturated rings. The Morgan fingerprint density at radius 1 is 1.17 bits per heavy atom. The van der Waals surface area contributed by atoms with Crippen LogP contribution in [0.1, 0.15) is 49.1 Å². The van der Waals surface area contributed by atoms with Gasteiger partial charge in [0.05, 0.1) is 11.6 Å². The molecular formula is C26H29N3O. The van der Waals surface area contributed by atoms with Crippen molar-refractivity contribution in [2.24, 2.45) is 5.92 Å². The molecule has 154 valence electrons. The molecule has 4 nitrogen and oxygen atoms in total. The summed E-state index contributed by atoms with van der Waals surface area (Å²) < 4.78 is 2.27. The third-order valence-corrected chi connectivity index (χ3v) is 6.41. The van der Waals surface area contributed by atoms with E-state index in [0.717, 1.165) is 36.3 Å². The second kappa shape index (κ2) is 8.10. The van der Waals surface area contributed by atoms with Gasteiger partial charge in [-0.05, 0) is 49.3 Å². The van der Waals surface area contributed by atoms with Crippen molar-refractivity contribution in [2.75, 3.05) is 6.54 Å². The van der Waals surface area contributed by atoms with Gasteiger partial charge in [-0.15, -0.1) is 0 Å². The molecule has 0 bridgehead atoms. The van der Waals surface area contributed by atoms with Crippen molar-refractivity contribution in [3.63, 3.8) is 0 Å². The number of carbonyl (C=O) groups excluding carboxylic acids is 1. The van der Waals surface area contributed by atoms with Crippen LogP contribution in [0, 0.1) is 5.92 Å². The van der Waals surface area contributed by atoms with Crippen LogP contribution in [-0.4, -0.2) is 26.9 Å². The molecule has 1 aliphatic carbocycles. The SMILES string of the molecule is C[C@H](C(=O)N(Cc1cccc(-c2cn3c(n2)CCC3)c1)CC1CC1)c1ccccc1. The van der Waals surface area contributed by atoms with Gasteiger partial charge in [0.1, 0.15) is 5.82 Å². The molecule has 30 heavy (non-hydrogen) atoms. The van der Waals surface area contributed by atoms with E-state index in [-0.39, 0.29) is 11.8 Å². The lowest BCUT2D eigenvalue weighted by Crippen LogP contribution is -2.35. The van der Waals surface area contributed by atoms with Crippen LogP contribution >= 0.6 is 0 Å². The van der Waals surface area contributed by atoms with Crippen molar-refractivity contribution in [1.29, 1.82) is 0 Å². The molecule has 2 aliphatic rings. The van der Waals surface area contributed by atoms with Crippen LogP contribution < -0.4 is 0 Å². The fraction of sp³-hybridized carbons (Fsp3) is 0.385. The Kier molecular flexibility index (Phi) is 5.16. The summed E-state index contributed by atoms with van der Waals surface area (Å²) in [6.07, 6.45) is 6.92. The van der Waals surface area contributed by atoms with Crippen molar-refractivity contribution in [1.82, 2.24) is 14.5 Å². The Morgan fingerprint density at radius 3 is 2.77 bits per heavy atom. The highest BCUT2D eigenvalue weighted by atomic mass is 16.2. The molecule has 1 atom stereocenters. The Bertz CT molecular complexity index is 1010. The summed E-state index contributed by atoms with van der Waals surface area (Å²) >= 11 is 0. The maximum atomic E-state index is 13.4. The first-order valence-corrected chi connectivity index (χ1v) is 11.2. The molecule has 0 radical (unpaired) electrons. The zero-order chi connectivity index (χ0) is 20.5. The van der Waals surface area contributed by atoms with E-state index < -0.39 is 0 Å². The standard InChI is InChI=1S/C26H29N3O/c1-19(22-8-3-2-4-9-22)26(30)29(16-20-12-13-20)17-21-7-5-10-23(15-21)24-18-28-14-6-11-25(28)27-24/h2-5,7-10,15,18-20H,6,11-14,16-17H2,1H3/t19-/m0/s1. The van der Waals surface area contributed by atoms with Crippen LogP contribution in [0.2, 0.25) is 0 Å². The Balaban J connectivity index is 1.36. The van der Waals surface area contributed by atoms with E-state index in [0.29, 0.717) is 12.5 Å². The zero-order valence-corrected chi connectivity index (χ0v) is 17.6. The van der Waals surface area contributed by atoms with Crippen LogP contribution in [0.4, 0.5) is 0 Å². The van der Waals surface area contributed by atoms with Crippen LogP contribution in [0.15, 0.2) is 60.8 Å². The van der Waals surface area contributed by atoms with Crippen LogP contribution in [0.3, 0.4) is 0 Å². The van der Waals surface area contributed by atoms with Crippen molar-refractivity contribution in [2.45, 2.75) is 51.6 Å². The van der Waals surface area contributed by atoms with Gasteiger partial charge < -0.3 is 9.47 Å². The van der Waals surface area contributed by atoms with E-state index in [1.807, 2.05) is 25.1 Å². The van der Waals surface area contributed by atoms with E-state index in [1.54, 1.807) is 0 Å². The number of rotatable bonds is 7. The molecule has 3 aromatic rings. The van der Waals surface area contributed by atoms with E-state index in [2.05, 4.69) is 52.1 Å². The minimum Gasteiger partial charge on any atom is -0.338 e. The number of aromatic nitrogens is 2. The molecule has 0 unspecified atom stereocenters. The summed E-state index contributed by atoms with van der Waals surface area (Å²) in [7, 11) is 0. The predicted octanol–water partition coefficient (Wildman–Crippen LogP) is 5.04. The molecule has 4 heteroatoms. The van der Waals surface area contributed by atoms with Gasteiger partial charge in [-0.2, -0.15) is 0 Å². The molecule has 5 rings (SSSR count). The topological polar surface area (TPSA) is 38.1 Å². The number of aryl methyl sites for hydroxylation is 2. The molecular weight excluding hydrogens is 370 g/mol. The average molecular weight is 400 g/mol. The summed E-state index contributed by atoms with van der Waals surface area (Å²) in [4.78, 5) is 20.3. The lowest BCUT2D eigenvalue weighted by atomic mass is 9.99. The van der Waals surface area contributed by atoms with E-state index in [9.17, 15) is 4.79 Å². The number of benzene rings is 2. The number of hydrogen-bond acceptors (Lipinski definition) is 2. The highest BCUT2D eigenvalue weighted by molar-refractivity contribution is 5.83. The highest BCUT2D eigenvalue weighted by Crippen LogP contribution is 2.32. The Morgan fingerprint density at radius 2 is 2.00 bits per heavy atom. The van der Waals surface area contributed by atoms with Gasteiger partial charge in [0.2, 0.25) is 5.91 Å². The fourth-order valence-electron chi connectivity index (χ4n) is 4.45. The third kappa shape index (κ3) is 4.04. The lowest BCUT2D eigenvalue weighted by Gasteiger charge is -2.26. The van der Waals surface area contributed by atoms with Crippen LogP contribution in [0.5, 0.6) is 0 Å². The summed E-state index contributed by atoms with van der Waals surface area (Å²) in [5.41, 5.74) is 4.45. The van der Waals surface area contributed by atoms with Crippen molar-refractivity contribution in [3.05, 3.63) is 77.7 Å². The van der Waals surface area contributed by atoms with Gasteiger partial charge in [0, 0.05) is 37.8 Å². The van der Waals surface area contributed by atoms with Gasteiger partial charge >= 0.3 is 0 Å².